The maximum absolute atomic E-state index is 15.2. The van der Waals surface area contributed by atoms with Crippen molar-refractivity contribution in [1.82, 2.24) is 14.9 Å². The highest BCUT2D eigenvalue weighted by atomic mass is 19.1. The third kappa shape index (κ3) is 2.73. The fourth-order valence-corrected chi connectivity index (χ4v) is 3.83. The fourth-order valence-electron chi connectivity index (χ4n) is 3.83. The third-order valence-corrected chi connectivity index (χ3v) is 5.38. The molecule has 0 amide bonds. The Labute approximate surface area is 160 Å². The minimum Gasteiger partial charge on any atom is -0.508 e. The molecule has 140 valence electrons. The molecule has 0 unspecified atom stereocenters. The van der Waals surface area contributed by atoms with Gasteiger partial charge >= 0.3 is 0 Å². The Morgan fingerprint density at radius 3 is 2.75 bits per heavy atom. The SMILES string of the molecule is O=c1cnc2cc(-c3cc(O)cc4ccccc34)c(F)cc2n1CC1CNC1. The van der Waals surface area contributed by atoms with Crippen molar-refractivity contribution < 1.29 is 9.50 Å². The molecule has 28 heavy (non-hydrogen) atoms. The Morgan fingerprint density at radius 2 is 1.96 bits per heavy atom. The molecule has 1 aliphatic rings. The zero-order chi connectivity index (χ0) is 19.3. The van der Waals surface area contributed by atoms with Gasteiger partial charge in [0.25, 0.3) is 5.56 Å². The highest BCUT2D eigenvalue weighted by molar-refractivity contribution is 5.99. The molecule has 2 heterocycles. The van der Waals surface area contributed by atoms with Crippen LogP contribution in [0.15, 0.2) is 59.5 Å². The van der Waals surface area contributed by atoms with Crippen LogP contribution in [0.5, 0.6) is 5.75 Å². The van der Waals surface area contributed by atoms with Crippen molar-refractivity contribution >= 4 is 21.8 Å². The van der Waals surface area contributed by atoms with Crippen molar-refractivity contribution in [1.29, 1.82) is 0 Å². The van der Waals surface area contributed by atoms with E-state index < -0.39 is 5.82 Å². The van der Waals surface area contributed by atoms with Crippen LogP contribution in [0.4, 0.5) is 4.39 Å². The number of nitrogens with zero attached hydrogens (tertiary/aromatic N) is 2. The van der Waals surface area contributed by atoms with Crippen LogP contribution in [0.2, 0.25) is 0 Å². The lowest BCUT2D eigenvalue weighted by atomic mass is 9.96. The molecular formula is C22H18FN3O2. The van der Waals surface area contributed by atoms with Crippen molar-refractivity contribution in [3.8, 4) is 16.9 Å². The fraction of sp³-hybridized carbons (Fsp3) is 0.182. The van der Waals surface area contributed by atoms with Gasteiger partial charge in [-0.2, -0.15) is 0 Å². The molecular weight excluding hydrogens is 357 g/mol. The Kier molecular flexibility index (Phi) is 3.87. The van der Waals surface area contributed by atoms with E-state index in [1.165, 1.54) is 12.3 Å². The number of phenols is 1. The maximum Gasteiger partial charge on any atom is 0.269 e. The van der Waals surface area contributed by atoms with Crippen molar-refractivity contribution in [2.24, 2.45) is 5.92 Å². The first-order chi connectivity index (χ1) is 13.6. The lowest BCUT2D eigenvalue weighted by Crippen LogP contribution is -2.45. The van der Waals surface area contributed by atoms with E-state index >= 15 is 4.39 Å². The molecule has 1 fully saturated rings. The number of nitrogens with one attached hydrogen (secondary N) is 1. The number of hydrogen-bond acceptors (Lipinski definition) is 4. The summed E-state index contributed by atoms with van der Waals surface area (Å²) < 4.78 is 16.8. The summed E-state index contributed by atoms with van der Waals surface area (Å²) in [6, 6.07) is 13.8. The molecule has 1 saturated heterocycles. The molecule has 0 aliphatic carbocycles. The van der Waals surface area contributed by atoms with Crippen LogP contribution >= 0.6 is 0 Å². The summed E-state index contributed by atoms with van der Waals surface area (Å²) in [6.07, 6.45) is 1.29. The van der Waals surface area contributed by atoms with Gasteiger partial charge < -0.3 is 15.0 Å². The van der Waals surface area contributed by atoms with Crippen LogP contribution in [0.3, 0.4) is 0 Å². The summed E-state index contributed by atoms with van der Waals surface area (Å²) >= 11 is 0. The van der Waals surface area contributed by atoms with E-state index in [-0.39, 0.29) is 11.3 Å². The summed E-state index contributed by atoms with van der Waals surface area (Å²) in [5, 5.41) is 15.0. The summed E-state index contributed by atoms with van der Waals surface area (Å²) in [5.41, 5.74) is 1.76. The molecule has 1 aromatic heterocycles. The topological polar surface area (TPSA) is 67.1 Å². The van der Waals surface area contributed by atoms with Crippen molar-refractivity contribution in [3.05, 3.63) is 70.9 Å². The first-order valence-electron chi connectivity index (χ1n) is 9.22. The van der Waals surface area contributed by atoms with Crippen LogP contribution in [0.25, 0.3) is 32.9 Å². The predicted octanol–water partition coefficient (Wildman–Crippen LogP) is 3.28. The molecule has 6 heteroatoms. The molecule has 0 spiro atoms. The lowest BCUT2D eigenvalue weighted by molar-refractivity contribution is 0.307. The highest BCUT2D eigenvalue weighted by Gasteiger charge is 2.20. The van der Waals surface area contributed by atoms with Gasteiger partial charge in [0.1, 0.15) is 11.6 Å². The highest BCUT2D eigenvalue weighted by Crippen LogP contribution is 2.35. The van der Waals surface area contributed by atoms with E-state index in [1.54, 1.807) is 22.8 Å². The van der Waals surface area contributed by atoms with E-state index in [1.807, 2.05) is 24.3 Å². The number of rotatable bonds is 3. The van der Waals surface area contributed by atoms with Gasteiger partial charge in [-0.1, -0.05) is 24.3 Å². The molecule has 1 aliphatic heterocycles. The first kappa shape index (κ1) is 16.9. The number of benzene rings is 3. The zero-order valence-electron chi connectivity index (χ0n) is 15.0. The maximum atomic E-state index is 15.2. The number of aromatic nitrogens is 2. The molecule has 3 aromatic carbocycles. The van der Waals surface area contributed by atoms with E-state index in [9.17, 15) is 9.90 Å². The van der Waals surface area contributed by atoms with Gasteiger partial charge in [-0.3, -0.25) is 4.79 Å². The number of fused-ring (bicyclic) bond motifs is 2. The summed E-state index contributed by atoms with van der Waals surface area (Å²) in [5.74, 6) is -0.0131. The second kappa shape index (κ2) is 6.42. The van der Waals surface area contributed by atoms with E-state index in [2.05, 4.69) is 10.3 Å². The summed E-state index contributed by atoms with van der Waals surface area (Å²) in [6.45, 7) is 2.25. The lowest BCUT2D eigenvalue weighted by Gasteiger charge is -2.28. The van der Waals surface area contributed by atoms with Crippen molar-refractivity contribution in [3.63, 3.8) is 0 Å². The average molecular weight is 375 g/mol. The van der Waals surface area contributed by atoms with Gasteiger partial charge in [0.05, 0.1) is 17.2 Å². The van der Waals surface area contributed by atoms with Crippen LogP contribution in [-0.4, -0.2) is 27.7 Å². The number of aromatic hydroxyl groups is 1. The third-order valence-electron chi connectivity index (χ3n) is 5.38. The van der Waals surface area contributed by atoms with Gasteiger partial charge in [-0.15, -0.1) is 0 Å². The number of phenolic OH excluding ortho intramolecular Hbond substituents is 1. The predicted molar refractivity (Wildman–Crippen MR) is 107 cm³/mol. The van der Waals surface area contributed by atoms with Crippen molar-refractivity contribution in [2.75, 3.05) is 13.1 Å². The standard InChI is InChI=1S/C22H18FN3O2/c23-19-8-21-20(25-11-22(28)26(21)12-13-9-24-10-13)7-18(19)17-6-15(27)5-14-3-1-2-4-16(14)17/h1-8,11,13,24,27H,9-10,12H2. The largest absolute Gasteiger partial charge is 0.508 e. The quantitative estimate of drug-likeness (QED) is 0.577. The molecule has 2 N–H and O–H groups in total. The van der Waals surface area contributed by atoms with Crippen LogP contribution in [-0.2, 0) is 6.54 Å². The van der Waals surface area contributed by atoms with Gasteiger partial charge in [0.2, 0.25) is 0 Å². The summed E-state index contributed by atoms with van der Waals surface area (Å²) in [7, 11) is 0. The summed E-state index contributed by atoms with van der Waals surface area (Å²) in [4.78, 5) is 16.6. The van der Waals surface area contributed by atoms with E-state index in [0.29, 0.717) is 34.6 Å². The van der Waals surface area contributed by atoms with Gasteiger partial charge in [0.15, 0.2) is 0 Å². The normalized spacial score (nSPS) is 14.5. The van der Waals surface area contributed by atoms with Crippen LogP contribution in [0, 0.1) is 11.7 Å². The Bertz CT molecular complexity index is 1280. The Hall–Kier alpha value is -3.25. The van der Waals surface area contributed by atoms with Crippen molar-refractivity contribution in [2.45, 2.75) is 6.54 Å². The van der Waals surface area contributed by atoms with E-state index in [0.717, 1.165) is 23.9 Å². The minimum absolute atomic E-state index is 0.0728. The van der Waals surface area contributed by atoms with Gasteiger partial charge in [0, 0.05) is 37.2 Å². The molecule has 5 rings (SSSR count). The zero-order valence-corrected chi connectivity index (χ0v) is 15.0. The second-order valence-electron chi connectivity index (χ2n) is 7.27. The van der Waals surface area contributed by atoms with Crippen LogP contribution < -0.4 is 10.9 Å². The average Bonchev–Trinajstić information content (AvgIpc) is 2.65. The Balaban J connectivity index is 1.73. The van der Waals surface area contributed by atoms with Crippen LogP contribution in [0.1, 0.15) is 0 Å². The molecule has 0 atom stereocenters. The number of hydrogen-bond donors (Lipinski definition) is 2. The van der Waals surface area contributed by atoms with E-state index in [4.69, 9.17) is 0 Å². The number of halogens is 1. The van der Waals surface area contributed by atoms with Gasteiger partial charge in [-0.05, 0) is 34.5 Å². The molecule has 0 saturated carbocycles. The second-order valence-corrected chi connectivity index (χ2v) is 7.27. The monoisotopic (exact) mass is 375 g/mol. The molecule has 0 radical (unpaired) electrons. The molecule has 5 nitrogen and oxygen atoms in total. The molecule has 4 aromatic rings. The molecule has 0 bridgehead atoms. The minimum atomic E-state index is -0.448. The van der Waals surface area contributed by atoms with Gasteiger partial charge in [-0.25, -0.2) is 9.37 Å². The smallest absolute Gasteiger partial charge is 0.269 e. The Morgan fingerprint density at radius 1 is 1.14 bits per heavy atom. The first-order valence-corrected chi connectivity index (χ1v) is 9.22.